The quantitative estimate of drug-likeness (QED) is 0.806. The van der Waals surface area contributed by atoms with E-state index in [1.807, 2.05) is 0 Å². The SMILES string of the molecule is CC(C)(CN1C(=O)NC(C)(c2ccco2)C1=O)C(=O)O. The standard InChI is InChI=1S/C13H16N2O5/c1-12(2,10(17)18)7-15-9(16)13(3,14-11(15)19)8-5-4-6-20-8/h4-6H,7H2,1-3H3,(H,14,19)(H,17,18). The molecule has 7 heteroatoms. The first-order chi connectivity index (χ1) is 9.18. The maximum atomic E-state index is 12.4. The van der Waals surface area contributed by atoms with E-state index >= 15 is 0 Å². The van der Waals surface area contributed by atoms with Gasteiger partial charge < -0.3 is 14.8 Å². The zero-order valence-electron chi connectivity index (χ0n) is 11.5. The van der Waals surface area contributed by atoms with Gasteiger partial charge in [0, 0.05) is 6.54 Å². The number of carbonyl (C=O) groups excluding carboxylic acids is 2. The average Bonchev–Trinajstić information content (AvgIpc) is 2.94. The van der Waals surface area contributed by atoms with Gasteiger partial charge in [-0.15, -0.1) is 0 Å². The number of urea groups is 1. The van der Waals surface area contributed by atoms with Crippen LogP contribution in [0.15, 0.2) is 22.8 Å². The topological polar surface area (TPSA) is 99.9 Å². The summed E-state index contributed by atoms with van der Waals surface area (Å²) in [7, 11) is 0. The summed E-state index contributed by atoms with van der Waals surface area (Å²) in [4.78, 5) is 36.4. The van der Waals surface area contributed by atoms with Gasteiger partial charge in [0.25, 0.3) is 5.91 Å². The van der Waals surface area contributed by atoms with Crippen LogP contribution in [-0.2, 0) is 15.1 Å². The fraction of sp³-hybridized carbons (Fsp3) is 0.462. The largest absolute Gasteiger partial charge is 0.481 e. The van der Waals surface area contributed by atoms with E-state index in [0.717, 1.165) is 4.90 Å². The van der Waals surface area contributed by atoms with Gasteiger partial charge in [0.15, 0.2) is 5.54 Å². The lowest BCUT2D eigenvalue weighted by Gasteiger charge is -2.25. The van der Waals surface area contributed by atoms with Crippen molar-refractivity contribution < 1.29 is 23.9 Å². The summed E-state index contributed by atoms with van der Waals surface area (Å²) >= 11 is 0. The summed E-state index contributed by atoms with van der Waals surface area (Å²) in [5.41, 5.74) is -2.52. The van der Waals surface area contributed by atoms with Gasteiger partial charge in [0.1, 0.15) is 5.76 Å². The Kier molecular flexibility index (Phi) is 3.08. The average molecular weight is 280 g/mol. The smallest absolute Gasteiger partial charge is 0.325 e. The van der Waals surface area contributed by atoms with Crippen molar-refractivity contribution in [1.29, 1.82) is 0 Å². The molecule has 7 nitrogen and oxygen atoms in total. The molecule has 1 saturated heterocycles. The van der Waals surface area contributed by atoms with E-state index in [-0.39, 0.29) is 6.54 Å². The molecule has 2 heterocycles. The third-order valence-corrected chi connectivity index (χ3v) is 3.42. The highest BCUT2D eigenvalue weighted by Gasteiger charge is 2.52. The number of carboxylic acid groups (broad SMARTS) is 1. The molecular formula is C13H16N2O5. The Hall–Kier alpha value is -2.31. The number of carbonyl (C=O) groups is 3. The highest BCUT2D eigenvalue weighted by atomic mass is 16.4. The van der Waals surface area contributed by atoms with Crippen LogP contribution in [0.25, 0.3) is 0 Å². The summed E-state index contributed by atoms with van der Waals surface area (Å²) in [6.07, 6.45) is 1.41. The lowest BCUT2D eigenvalue weighted by molar-refractivity contribution is -0.148. The molecule has 1 fully saturated rings. The minimum atomic E-state index is -1.30. The lowest BCUT2D eigenvalue weighted by Crippen LogP contribution is -2.44. The van der Waals surface area contributed by atoms with Crippen LogP contribution in [-0.4, -0.2) is 34.5 Å². The summed E-state index contributed by atoms with van der Waals surface area (Å²) in [6, 6.07) is 2.58. The predicted octanol–water partition coefficient (Wildman–Crippen LogP) is 1.16. The molecular weight excluding hydrogens is 264 g/mol. The molecule has 0 bridgehead atoms. The van der Waals surface area contributed by atoms with Crippen LogP contribution in [0.2, 0.25) is 0 Å². The number of hydrogen-bond donors (Lipinski definition) is 2. The summed E-state index contributed by atoms with van der Waals surface area (Å²) in [6.45, 7) is 4.24. The molecule has 0 aromatic carbocycles. The number of imide groups is 1. The second-order valence-electron chi connectivity index (χ2n) is 5.61. The van der Waals surface area contributed by atoms with Gasteiger partial charge in [-0.25, -0.2) is 4.79 Å². The molecule has 20 heavy (non-hydrogen) atoms. The van der Waals surface area contributed by atoms with Crippen LogP contribution in [0.3, 0.4) is 0 Å². The van der Waals surface area contributed by atoms with Gasteiger partial charge in [0.05, 0.1) is 11.7 Å². The Morgan fingerprint density at radius 2 is 2.15 bits per heavy atom. The van der Waals surface area contributed by atoms with Gasteiger partial charge in [-0.05, 0) is 32.9 Å². The molecule has 1 unspecified atom stereocenters. The monoisotopic (exact) mass is 280 g/mol. The third kappa shape index (κ3) is 2.04. The molecule has 0 aliphatic carbocycles. The minimum absolute atomic E-state index is 0.205. The second kappa shape index (κ2) is 4.36. The molecule has 0 spiro atoms. The molecule has 0 radical (unpaired) electrons. The van der Waals surface area contributed by atoms with E-state index in [1.54, 1.807) is 12.1 Å². The number of amides is 3. The molecule has 1 aliphatic rings. The van der Waals surface area contributed by atoms with Crippen LogP contribution in [0.4, 0.5) is 4.79 Å². The van der Waals surface area contributed by atoms with E-state index < -0.39 is 28.9 Å². The zero-order valence-corrected chi connectivity index (χ0v) is 11.5. The molecule has 108 valence electrons. The van der Waals surface area contributed by atoms with E-state index in [2.05, 4.69) is 5.32 Å². The van der Waals surface area contributed by atoms with Crippen molar-refractivity contribution in [2.75, 3.05) is 6.54 Å². The Balaban J connectivity index is 2.29. The van der Waals surface area contributed by atoms with Gasteiger partial charge in [-0.1, -0.05) is 0 Å². The Morgan fingerprint density at radius 3 is 2.65 bits per heavy atom. The van der Waals surface area contributed by atoms with E-state index in [1.165, 1.54) is 27.0 Å². The van der Waals surface area contributed by atoms with Crippen molar-refractivity contribution in [2.24, 2.45) is 5.41 Å². The van der Waals surface area contributed by atoms with E-state index in [0.29, 0.717) is 5.76 Å². The van der Waals surface area contributed by atoms with Gasteiger partial charge >= 0.3 is 12.0 Å². The third-order valence-electron chi connectivity index (χ3n) is 3.42. The van der Waals surface area contributed by atoms with Crippen LogP contribution in [0.5, 0.6) is 0 Å². The molecule has 1 atom stereocenters. The number of aliphatic carboxylic acids is 1. The molecule has 2 rings (SSSR count). The first-order valence-electron chi connectivity index (χ1n) is 6.10. The molecule has 1 aromatic rings. The molecule has 3 amide bonds. The Bertz CT molecular complexity index is 563. The number of nitrogens with one attached hydrogen (secondary N) is 1. The highest BCUT2D eigenvalue weighted by Crippen LogP contribution is 2.31. The Labute approximate surface area is 115 Å². The number of furan rings is 1. The Morgan fingerprint density at radius 1 is 1.50 bits per heavy atom. The zero-order chi connectivity index (χ0) is 15.1. The van der Waals surface area contributed by atoms with Crippen molar-refractivity contribution in [1.82, 2.24) is 10.2 Å². The first-order valence-corrected chi connectivity index (χ1v) is 6.10. The fourth-order valence-corrected chi connectivity index (χ4v) is 2.03. The summed E-state index contributed by atoms with van der Waals surface area (Å²) in [5.74, 6) is -1.29. The van der Waals surface area contributed by atoms with Gasteiger partial charge in [0.2, 0.25) is 0 Å². The first kappa shape index (κ1) is 14.1. The summed E-state index contributed by atoms with van der Waals surface area (Å²) in [5, 5.41) is 11.6. The number of hydrogen-bond acceptors (Lipinski definition) is 4. The van der Waals surface area contributed by atoms with Crippen molar-refractivity contribution in [3.63, 3.8) is 0 Å². The maximum absolute atomic E-state index is 12.4. The van der Waals surface area contributed by atoms with Crippen LogP contribution < -0.4 is 5.32 Å². The van der Waals surface area contributed by atoms with Gasteiger partial charge in [-0.3, -0.25) is 14.5 Å². The van der Waals surface area contributed by atoms with Gasteiger partial charge in [-0.2, -0.15) is 0 Å². The minimum Gasteiger partial charge on any atom is -0.481 e. The molecule has 0 saturated carbocycles. The summed E-state index contributed by atoms with van der Waals surface area (Å²) < 4.78 is 5.19. The maximum Gasteiger partial charge on any atom is 0.325 e. The van der Waals surface area contributed by atoms with E-state index in [9.17, 15) is 14.4 Å². The van der Waals surface area contributed by atoms with E-state index in [4.69, 9.17) is 9.52 Å². The molecule has 2 N–H and O–H groups in total. The lowest BCUT2D eigenvalue weighted by atomic mass is 9.92. The predicted molar refractivity (Wildman–Crippen MR) is 67.7 cm³/mol. The molecule has 1 aromatic heterocycles. The van der Waals surface area contributed by atoms with Crippen LogP contribution in [0.1, 0.15) is 26.5 Å². The van der Waals surface area contributed by atoms with Crippen molar-refractivity contribution in [3.8, 4) is 0 Å². The highest BCUT2D eigenvalue weighted by molar-refractivity contribution is 6.07. The van der Waals surface area contributed by atoms with Crippen LogP contribution in [0, 0.1) is 5.41 Å². The normalized spacial score (nSPS) is 23.1. The second-order valence-corrected chi connectivity index (χ2v) is 5.61. The van der Waals surface area contributed by atoms with Crippen LogP contribution >= 0.6 is 0 Å². The fourth-order valence-electron chi connectivity index (χ4n) is 2.03. The number of rotatable bonds is 4. The molecule has 1 aliphatic heterocycles. The number of carboxylic acids is 1. The van der Waals surface area contributed by atoms with Crippen molar-refractivity contribution >= 4 is 17.9 Å². The number of nitrogens with zero attached hydrogens (tertiary/aromatic N) is 1. The van der Waals surface area contributed by atoms with Crippen molar-refractivity contribution in [2.45, 2.75) is 26.3 Å². The van der Waals surface area contributed by atoms with Crippen molar-refractivity contribution in [3.05, 3.63) is 24.2 Å².